The zero-order chi connectivity index (χ0) is 10.9. The Kier molecular flexibility index (Phi) is 3.12. The summed E-state index contributed by atoms with van der Waals surface area (Å²) in [7, 11) is 0. The Morgan fingerprint density at radius 2 is 2.20 bits per heavy atom. The van der Waals surface area contributed by atoms with Crippen LogP contribution in [0.4, 0.5) is 4.39 Å². The Labute approximate surface area is 98.2 Å². The van der Waals surface area contributed by atoms with Crippen LogP contribution >= 0.6 is 15.9 Å². The lowest BCUT2D eigenvalue weighted by molar-refractivity contribution is 0.491. The number of rotatable bonds is 4. The summed E-state index contributed by atoms with van der Waals surface area (Å²) in [6.45, 7) is 3.87. The Balaban J connectivity index is 1.87. The van der Waals surface area contributed by atoms with Gasteiger partial charge >= 0.3 is 0 Å². The van der Waals surface area contributed by atoms with Gasteiger partial charge in [-0.2, -0.15) is 0 Å². The van der Waals surface area contributed by atoms with Gasteiger partial charge in [-0.1, -0.05) is 28.9 Å². The smallest absolute Gasteiger partial charge is 0.128 e. The van der Waals surface area contributed by atoms with E-state index in [9.17, 15) is 4.39 Å². The van der Waals surface area contributed by atoms with Crippen LogP contribution in [0.15, 0.2) is 22.7 Å². The lowest BCUT2D eigenvalue weighted by atomic mass is 10.1. The lowest BCUT2D eigenvalue weighted by Gasteiger charge is -2.10. The summed E-state index contributed by atoms with van der Waals surface area (Å²) in [6.07, 6.45) is 2.59. The molecule has 1 N–H and O–H groups in total. The number of hydrogen-bond donors (Lipinski definition) is 1. The van der Waals surface area contributed by atoms with Crippen molar-refractivity contribution in [3.05, 3.63) is 34.1 Å². The average Bonchev–Trinajstić information content (AvgIpc) is 2.88. The molecule has 0 heterocycles. The fraction of sp³-hybridized carbons (Fsp3) is 0.500. The molecule has 0 saturated heterocycles. The molecular formula is C12H15BrFN. The molecule has 0 spiro atoms. The van der Waals surface area contributed by atoms with Crippen molar-refractivity contribution < 1.29 is 4.39 Å². The first-order valence-electron chi connectivity index (χ1n) is 5.24. The van der Waals surface area contributed by atoms with Gasteiger partial charge in [-0.25, -0.2) is 4.39 Å². The first-order valence-corrected chi connectivity index (χ1v) is 6.03. The van der Waals surface area contributed by atoms with Crippen LogP contribution in [0.25, 0.3) is 0 Å². The molecular weight excluding hydrogens is 257 g/mol. The van der Waals surface area contributed by atoms with Crippen LogP contribution in [0.1, 0.15) is 25.3 Å². The zero-order valence-electron chi connectivity index (χ0n) is 8.82. The molecule has 1 saturated carbocycles. The Morgan fingerprint density at radius 1 is 1.47 bits per heavy atom. The zero-order valence-corrected chi connectivity index (χ0v) is 10.4. The average molecular weight is 272 g/mol. The summed E-state index contributed by atoms with van der Waals surface area (Å²) in [6, 6.07) is 5.20. The van der Waals surface area contributed by atoms with Crippen LogP contribution in [0.3, 0.4) is 0 Å². The Morgan fingerprint density at radius 3 is 2.80 bits per heavy atom. The highest BCUT2D eigenvalue weighted by atomic mass is 79.9. The molecule has 2 rings (SSSR count). The Bertz CT molecular complexity index is 361. The van der Waals surface area contributed by atoms with Gasteiger partial charge in [0, 0.05) is 23.1 Å². The molecule has 3 heteroatoms. The van der Waals surface area contributed by atoms with Gasteiger partial charge in [0.1, 0.15) is 5.82 Å². The molecule has 0 unspecified atom stereocenters. The van der Waals surface area contributed by atoms with Gasteiger partial charge in [0.15, 0.2) is 0 Å². The van der Waals surface area contributed by atoms with Crippen molar-refractivity contribution in [1.29, 1.82) is 0 Å². The summed E-state index contributed by atoms with van der Waals surface area (Å²) < 4.78 is 14.2. The SMILES string of the molecule is CC1(CNCc2ccc(Br)cc2F)CC1. The molecule has 0 radical (unpaired) electrons. The maximum atomic E-state index is 13.4. The van der Waals surface area contributed by atoms with Crippen molar-refractivity contribution in [3.8, 4) is 0 Å². The van der Waals surface area contributed by atoms with Crippen LogP contribution in [0, 0.1) is 11.2 Å². The predicted octanol–water partition coefficient (Wildman–Crippen LogP) is 3.48. The summed E-state index contributed by atoms with van der Waals surface area (Å²) in [5.41, 5.74) is 1.22. The maximum absolute atomic E-state index is 13.4. The summed E-state index contributed by atoms with van der Waals surface area (Å²) >= 11 is 3.25. The summed E-state index contributed by atoms with van der Waals surface area (Å²) in [5.74, 6) is -0.141. The van der Waals surface area contributed by atoms with E-state index in [2.05, 4.69) is 28.2 Å². The van der Waals surface area contributed by atoms with Gasteiger partial charge < -0.3 is 5.32 Å². The molecule has 0 atom stereocenters. The van der Waals surface area contributed by atoms with Crippen LogP contribution in [0.5, 0.6) is 0 Å². The highest BCUT2D eigenvalue weighted by Gasteiger charge is 2.36. The van der Waals surface area contributed by atoms with Crippen molar-refractivity contribution in [2.24, 2.45) is 5.41 Å². The second kappa shape index (κ2) is 4.22. The monoisotopic (exact) mass is 271 g/mol. The van der Waals surface area contributed by atoms with Gasteiger partial charge in [-0.3, -0.25) is 0 Å². The van der Waals surface area contributed by atoms with Crippen LogP contribution < -0.4 is 5.32 Å². The van der Waals surface area contributed by atoms with Crippen molar-refractivity contribution in [3.63, 3.8) is 0 Å². The van der Waals surface area contributed by atoms with Crippen molar-refractivity contribution in [1.82, 2.24) is 5.32 Å². The van der Waals surface area contributed by atoms with E-state index in [1.807, 2.05) is 12.1 Å². The van der Waals surface area contributed by atoms with E-state index in [0.29, 0.717) is 12.0 Å². The van der Waals surface area contributed by atoms with E-state index < -0.39 is 0 Å². The van der Waals surface area contributed by atoms with E-state index in [4.69, 9.17) is 0 Å². The van der Waals surface area contributed by atoms with Crippen molar-refractivity contribution >= 4 is 15.9 Å². The van der Waals surface area contributed by atoms with Gasteiger partial charge in [0.2, 0.25) is 0 Å². The minimum Gasteiger partial charge on any atom is -0.312 e. The second-order valence-electron chi connectivity index (χ2n) is 4.65. The van der Waals surface area contributed by atoms with Crippen LogP contribution in [-0.4, -0.2) is 6.54 Å². The Hall–Kier alpha value is -0.410. The fourth-order valence-corrected chi connectivity index (χ4v) is 1.89. The van der Waals surface area contributed by atoms with Gasteiger partial charge in [0.25, 0.3) is 0 Å². The molecule has 1 aliphatic carbocycles. The molecule has 1 fully saturated rings. The van der Waals surface area contributed by atoms with Crippen molar-refractivity contribution in [2.75, 3.05) is 6.54 Å². The largest absolute Gasteiger partial charge is 0.312 e. The molecule has 1 aliphatic rings. The lowest BCUT2D eigenvalue weighted by Crippen LogP contribution is -2.21. The van der Waals surface area contributed by atoms with Gasteiger partial charge in [-0.05, 0) is 30.4 Å². The van der Waals surface area contributed by atoms with Crippen LogP contribution in [-0.2, 0) is 6.54 Å². The predicted molar refractivity (Wildman–Crippen MR) is 63.1 cm³/mol. The maximum Gasteiger partial charge on any atom is 0.128 e. The molecule has 0 aliphatic heterocycles. The minimum atomic E-state index is -0.141. The van der Waals surface area contributed by atoms with Crippen molar-refractivity contribution in [2.45, 2.75) is 26.3 Å². The van der Waals surface area contributed by atoms with Crippen LogP contribution in [0.2, 0.25) is 0 Å². The summed E-state index contributed by atoms with van der Waals surface area (Å²) in [4.78, 5) is 0. The highest BCUT2D eigenvalue weighted by molar-refractivity contribution is 9.10. The van der Waals surface area contributed by atoms with E-state index in [0.717, 1.165) is 16.6 Å². The highest BCUT2D eigenvalue weighted by Crippen LogP contribution is 2.44. The first-order chi connectivity index (χ1) is 7.09. The third-order valence-corrected chi connectivity index (χ3v) is 3.48. The normalized spacial score (nSPS) is 17.8. The number of hydrogen-bond acceptors (Lipinski definition) is 1. The molecule has 1 aromatic carbocycles. The topological polar surface area (TPSA) is 12.0 Å². The first kappa shape index (κ1) is 11.1. The molecule has 0 aromatic heterocycles. The van der Waals surface area contributed by atoms with E-state index >= 15 is 0 Å². The molecule has 1 aromatic rings. The molecule has 1 nitrogen and oxygen atoms in total. The van der Waals surface area contributed by atoms with E-state index in [1.54, 1.807) is 0 Å². The number of nitrogens with one attached hydrogen (secondary N) is 1. The molecule has 82 valence electrons. The molecule has 0 amide bonds. The molecule has 0 bridgehead atoms. The van der Waals surface area contributed by atoms with Gasteiger partial charge in [-0.15, -0.1) is 0 Å². The van der Waals surface area contributed by atoms with Gasteiger partial charge in [0.05, 0.1) is 0 Å². The van der Waals surface area contributed by atoms with E-state index in [-0.39, 0.29) is 5.82 Å². The minimum absolute atomic E-state index is 0.141. The number of benzene rings is 1. The fourth-order valence-electron chi connectivity index (χ4n) is 1.55. The quantitative estimate of drug-likeness (QED) is 0.884. The number of halogens is 2. The third-order valence-electron chi connectivity index (χ3n) is 2.99. The third kappa shape index (κ3) is 3.02. The van der Waals surface area contributed by atoms with E-state index in [1.165, 1.54) is 18.9 Å². The summed E-state index contributed by atoms with van der Waals surface area (Å²) in [5, 5.41) is 3.31. The standard InChI is InChI=1S/C12H15BrFN/c1-12(4-5-12)8-15-7-9-2-3-10(13)6-11(9)14/h2-3,6,15H,4-5,7-8H2,1H3. The second-order valence-corrected chi connectivity index (χ2v) is 5.57. The molecule has 15 heavy (non-hydrogen) atoms.